The number of carbonyl (C=O) groups excluding carboxylic acids is 1. The highest BCUT2D eigenvalue weighted by Gasteiger charge is 2.23. The lowest BCUT2D eigenvalue weighted by molar-refractivity contribution is 0.0967. The van der Waals surface area contributed by atoms with Crippen LogP contribution in [0.1, 0.15) is 58.4 Å². The summed E-state index contributed by atoms with van der Waals surface area (Å²) in [5.41, 5.74) is 7.50. The molecule has 0 saturated carbocycles. The van der Waals surface area contributed by atoms with Gasteiger partial charge in [-0.25, -0.2) is 4.39 Å². The highest BCUT2D eigenvalue weighted by Crippen LogP contribution is 2.34. The van der Waals surface area contributed by atoms with Gasteiger partial charge in [0, 0.05) is 11.1 Å². The van der Waals surface area contributed by atoms with E-state index in [1.807, 2.05) is 45.0 Å². The molecule has 0 radical (unpaired) electrons. The van der Waals surface area contributed by atoms with Gasteiger partial charge in [-0.3, -0.25) is 9.79 Å². The zero-order chi connectivity index (χ0) is 21.4. The second kappa shape index (κ2) is 8.02. The molecule has 154 valence electrons. The molecule has 30 heavy (non-hydrogen) atoms. The predicted molar refractivity (Wildman–Crippen MR) is 120 cm³/mol. The van der Waals surface area contributed by atoms with Gasteiger partial charge < -0.3 is 5.32 Å². The first-order valence-corrected chi connectivity index (χ1v) is 10.5. The maximum Gasteiger partial charge on any atom is 0.255 e. The molecule has 2 aliphatic rings. The Hall–Kier alpha value is -3.01. The van der Waals surface area contributed by atoms with Crippen LogP contribution in [0.2, 0.25) is 0 Å². The Morgan fingerprint density at radius 3 is 2.70 bits per heavy atom. The van der Waals surface area contributed by atoms with Gasteiger partial charge in [0.2, 0.25) is 0 Å². The molecule has 0 saturated heterocycles. The fourth-order valence-electron chi connectivity index (χ4n) is 4.26. The number of amides is 1. The number of carbonyl (C=O) groups is 1. The Labute approximate surface area is 177 Å². The van der Waals surface area contributed by atoms with E-state index in [0.29, 0.717) is 16.8 Å². The summed E-state index contributed by atoms with van der Waals surface area (Å²) in [5, 5.41) is 3.02. The van der Waals surface area contributed by atoms with E-state index in [1.54, 1.807) is 6.21 Å². The van der Waals surface area contributed by atoms with E-state index in [-0.39, 0.29) is 17.6 Å². The smallest absolute Gasteiger partial charge is 0.255 e. The van der Waals surface area contributed by atoms with Gasteiger partial charge in [0.25, 0.3) is 5.91 Å². The van der Waals surface area contributed by atoms with Gasteiger partial charge in [-0.15, -0.1) is 0 Å². The second-order valence-electron chi connectivity index (χ2n) is 8.32. The molecule has 1 amide bonds. The van der Waals surface area contributed by atoms with Crippen LogP contribution in [0.4, 0.5) is 4.39 Å². The highest BCUT2D eigenvalue weighted by atomic mass is 19.1. The summed E-state index contributed by atoms with van der Waals surface area (Å²) in [6.07, 6.45) is 6.49. The minimum atomic E-state index is -0.149. The van der Waals surface area contributed by atoms with E-state index in [9.17, 15) is 9.18 Å². The molecule has 0 spiro atoms. The first kappa shape index (κ1) is 20.3. The molecule has 1 unspecified atom stereocenters. The van der Waals surface area contributed by atoms with Crippen LogP contribution in [0, 0.1) is 25.6 Å². The summed E-state index contributed by atoms with van der Waals surface area (Å²) >= 11 is 0. The summed E-state index contributed by atoms with van der Waals surface area (Å²) in [5.74, 6) is -0.180. The van der Waals surface area contributed by atoms with Crippen molar-refractivity contribution in [2.75, 3.05) is 0 Å². The third-order valence-electron chi connectivity index (χ3n) is 6.34. The number of hydrogen-bond donors (Lipinski definition) is 1. The van der Waals surface area contributed by atoms with E-state index >= 15 is 0 Å². The number of benzene rings is 2. The van der Waals surface area contributed by atoms with Gasteiger partial charge in [0.05, 0.1) is 17.6 Å². The number of rotatable bonds is 3. The van der Waals surface area contributed by atoms with Crippen LogP contribution >= 0.6 is 0 Å². The molecule has 1 aliphatic heterocycles. The number of nitrogens with zero attached hydrogens (tertiary/aromatic N) is 1. The fourth-order valence-corrected chi connectivity index (χ4v) is 4.26. The Kier molecular flexibility index (Phi) is 5.42. The molecular weight excluding hydrogens is 375 g/mol. The number of hydrogen-bond acceptors (Lipinski definition) is 2. The minimum absolute atomic E-state index is 0.0605. The monoisotopic (exact) mass is 402 g/mol. The average Bonchev–Trinajstić information content (AvgIpc) is 3.16. The van der Waals surface area contributed by atoms with Crippen molar-refractivity contribution in [2.45, 2.75) is 47.0 Å². The SMILES string of the molecule is CC1=C(NC(=O)c2ccccc2C)C=NC(c2cc3c(c(F)c2C)CCC3)=CC1C. The molecule has 1 heterocycles. The molecule has 1 aliphatic carbocycles. The summed E-state index contributed by atoms with van der Waals surface area (Å²) in [6, 6.07) is 9.61. The molecule has 1 atom stereocenters. The van der Waals surface area contributed by atoms with Crippen molar-refractivity contribution in [3.63, 3.8) is 0 Å². The van der Waals surface area contributed by atoms with E-state index in [4.69, 9.17) is 0 Å². The van der Waals surface area contributed by atoms with E-state index in [2.05, 4.69) is 29.4 Å². The number of nitrogens with one attached hydrogen (secondary N) is 1. The normalized spacial score (nSPS) is 18.2. The van der Waals surface area contributed by atoms with Crippen molar-refractivity contribution < 1.29 is 9.18 Å². The minimum Gasteiger partial charge on any atom is -0.321 e. The molecule has 0 fully saturated rings. The standard InChI is InChI=1S/C26H27FN2O/c1-15-8-5-6-10-20(15)26(30)29-24-14-28-23(12-16(2)17(24)3)22-13-19-9-7-11-21(19)25(27)18(22)4/h5-6,8,10,12-14,16H,7,9,11H2,1-4H3,(H,29,30). The van der Waals surface area contributed by atoms with Gasteiger partial charge in [-0.05, 0) is 85.9 Å². The van der Waals surface area contributed by atoms with Crippen LogP contribution in [0.5, 0.6) is 0 Å². The van der Waals surface area contributed by atoms with Crippen LogP contribution in [0.25, 0.3) is 5.70 Å². The van der Waals surface area contributed by atoms with Crippen molar-refractivity contribution in [3.8, 4) is 0 Å². The van der Waals surface area contributed by atoms with Gasteiger partial charge in [-0.1, -0.05) is 31.2 Å². The number of aryl methyl sites for hydroxylation is 2. The second-order valence-corrected chi connectivity index (χ2v) is 8.32. The number of halogens is 1. The number of fused-ring (bicyclic) bond motifs is 1. The van der Waals surface area contributed by atoms with Gasteiger partial charge in [0.1, 0.15) is 5.82 Å². The maximum atomic E-state index is 14.9. The van der Waals surface area contributed by atoms with Crippen molar-refractivity contribution in [1.29, 1.82) is 0 Å². The molecule has 3 nitrogen and oxygen atoms in total. The third kappa shape index (κ3) is 3.62. The Bertz CT molecular complexity index is 1120. The molecule has 1 N–H and O–H groups in total. The maximum absolute atomic E-state index is 14.9. The molecule has 4 heteroatoms. The fraction of sp³-hybridized carbons (Fsp3) is 0.308. The molecule has 4 rings (SSSR count). The molecule has 2 aromatic rings. The molecular formula is C26H27FN2O. The third-order valence-corrected chi connectivity index (χ3v) is 6.34. The Morgan fingerprint density at radius 2 is 1.93 bits per heavy atom. The van der Waals surface area contributed by atoms with Crippen molar-refractivity contribution in [1.82, 2.24) is 5.32 Å². The molecule has 0 bridgehead atoms. The van der Waals surface area contributed by atoms with Gasteiger partial charge in [-0.2, -0.15) is 0 Å². The van der Waals surface area contributed by atoms with Crippen LogP contribution in [0.3, 0.4) is 0 Å². The zero-order valence-electron chi connectivity index (χ0n) is 18.0. The van der Waals surface area contributed by atoms with E-state index in [1.165, 1.54) is 0 Å². The van der Waals surface area contributed by atoms with Crippen molar-refractivity contribution in [2.24, 2.45) is 10.9 Å². The number of aliphatic imine (C=N–C) groups is 1. The summed E-state index contributed by atoms with van der Waals surface area (Å²) < 4.78 is 14.9. The van der Waals surface area contributed by atoms with Gasteiger partial charge >= 0.3 is 0 Å². The lowest BCUT2D eigenvalue weighted by Gasteiger charge is -2.14. The average molecular weight is 403 g/mol. The summed E-state index contributed by atoms with van der Waals surface area (Å²) in [7, 11) is 0. The number of allylic oxidation sites excluding steroid dienone is 3. The van der Waals surface area contributed by atoms with E-state index < -0.39 is 0 Å². The van der Waals surface area contributed by atoms with Gasteiger partial charge in [0.15, 0.2) is 0 Å². The Balaban J connectivity index is 1.66. The first-order chi connectivity index (χ1) is 14.4. The summed E-state index contributed by atoms with van der Waals surface area (Å²) in [6.45, 7) is 7.82. The Morgan fingerprint density at radius 1 is 1.17 bits per heavy atom. The topological polar surface area (TPSA) is 41.5 Å². The van der Waals surface area contributed by atoms with Crippen molar-refractivity contribution in [3.05, 3.63) is 86.9 Å². The van der Waals surface area contributed by atoms with Crippen LogP contribution in [-0.4, -0.2) is 12.1 Å². The highest BCUT2D eigenvalue weighted by molar-refractivity contribution is 6.01. The summed E-state index contributed by atoms with van der Waals surface area (Å²) in [4.78, 5) is 17.5. The van der Waals surface area contributed by atoms with Crippen LogP contribution < -0.4 is 5.32 Å². The van der Waals surface area contributed by atoms with Crippen molar-refractivity contribution >= 4 is 17.8 Å². The quantitative estimate of drug-likeness (QED) is 0.703. The molecule has 2 aromatic carbocycles. The zero-order valence-corrected chi connectivity index (χ0v) is 18.0. The lowest BCUT2D eigenvalue weighted by atomic mass is 9.94. The van der Waals surface area contributed by atoms with E-state index in [0.717, 1.165) is 52.8 Å². The predicted octanol–water partition coefficient (Wildman–Crippen LogP) is 5.70. The molecule has 0 aromatic heterocycles. The van der Waals surface area contributed by atoms with Crippen LogP contribution in [0.15, 0.2) is 52.7 Å². The lowest BCUT2D eigenvalue weighted by Crippen LogP contribution is -2.25. The van der Waals surface area contributed by atoms with Crippen LogP contribution in [-0.2, 0) is 12.8 Å². The first-order valence-electron chi connectivity index (χ1n) is 10.5. The largest absolute Gasteiger partial charge is 0.321 e.